The second-order valence-electron chi connectivity index (χ2n) is 4.89. The Morgan fingerprint density at radius 3 is 2.78 bits per heavy atom. The van der Waals surface area contributed by atoms with Crippen molar-refractivity contribution >= 4 is 29.0 Å². The Kier molecular flexibility index (Phi) is 3.97. The number of Topliss-reactive ketones (excluding diaryl/α,β-unsaturated/α-hetero) is 1. The number of rotatable bonds is 3. The molecular formula is C13H15Cl2NO2. The fourth-order valence-corrected chi connectivity index (χ4v) is 2.33. The topological polar surface area (TPSA) is 52.3 Å². The summed E-state index contributed by atoms with van der Waals surface area (Å²) in [7, 11) is 0. The molecule has 1 aliphatic rings. The molecule has 0 bridgehead atoms. The lowest BCUT2D eigenvalue weighted by atomic mass is 9.79. The third-order valence-electron chi connectivity index (χ3n) is 3.50. The first kappa shape index (κ1) is 13.8. The summed E-state index contributed by atoms with van der Waals surface area (Å²) in [6.07, 6.45) is 0.296. The van der Waals surface area contributed by atoms with E-state index in [2.05, 4.69) is 0 Å². The van der Waals surface area contributed by atoms with Crippen molar-refractivity contribution in [1.82, 2.24) is 0 Å². The van der Waals surface area contributed by atoms with Crippen LogP contribution in [0.25, 0.3) is 0 Å². The number of carbonyl (C=O) groups excluding carboxylic acids is 1. The van der Waals surface area contributed by atoms with E-state index in [1.807, 2.05) is 6.92 Å². The van der Waals surface area contributed by atoms with Gasteiger partial charge in [-0.05, 0) is 24.6 Å². The maximum atomic E-state index is 12.3. The van der Waals surface area contributed by atoms with Crippen LogP contribution >= 0.6 is 23.2 Å². The zero-order valence-corrected chi connectivity index (χ0v) is 11.6. The van der Waals surface area contributed by atoms with Crippen LogP contribution in [-0.2, 0) is 16.0 Å². The van der Waals surface area contributed by atoms with E-state index in [-0.39, 0.29) is 11.8 Å². The van der Waals surface area contributed by atoms with Crippen LogP contribution in [0.1, 0.15) is 12.5 Å². The van der Waals surface area contributed by atoms with E-state index in [1.54, 1.807) is 18.2 Å². The monoisotopic (exact) mass is 287 g/mol. The van der Waals surface area contributed by atoms with Gasteiger partial charge in [0.1, 0.15) is 5.78 Å². The van der Waals surface area contributed by atoms with Crippen molar-refractivity contribution in [3.8, 4) is 0 Å². The summed E-state index contributed by atoms with van der Waals surface area (Å²) in [5.41, 5.74) is 6.17. The Bertz CT molecular complexity index is 478. The molecule has 1 aromatic carbocycles. The van der Waals surface area contributed by atoms with E-state index in [0.29, 0.717) is 29.7 Å². The molecule has 0 amide bonds. The van der Waals surface area contributed by atoms with Crippen LogP contribution in [-0.4, -0.2) is 25.0 Å². The SMILES string of the molecule is CC1(C(=O)Cc2ccc(Cl)c(Cl)c2)COCC1N. The largest absolute Gasteiger partial charge is 0.379 e. The molecule has 2 rings (SSSR count). The molecular weight excluding hydrogens is 273 g/mol. The van der Waals surface area contributed by atoms with Crippen LogP contribution in [0.5, 0.6) is 0 Å². The predicted octanol–water partition coefficient (Wildman–Crippen LogP) is 2.47. The Hall–Kier alpha value is -0.610. The van der Waals surface area contributed by atoms with Gasteiger partial charge < -0.3 is 10.5 Å². The lowest BCUT2D eigenvalue weighted by Crippen LogP contribution is -2.45. The molecule has 18 heavy (non-hydrogen) atoms. The minimum absolute atomic E-state index is 0.0749. The Morgan fingerprint density at radius 2 is 2.22 bits per heavy atom. The first-order valence-corrected chi connectivity index (χ1v) is 6.49. The molecule has 1 aliphatic heterocycles. The van der Waals surface area contributed by atoms with Gasteiger partial charge in [0.15, 0.2) is 0 Å². The quantitative estimate of drug-likeness (QED) is 0.929. The molecule has 98 valence electrons. The van der Waals surface area contributed by atoms with Crippen LogP contribution < -0.4 is 5.73 Å². The van der Waals surface area contributed by atoms with Crippen molar-refractivity contribution in [3.05, 3.63) is 33.8 Å². The van der Waals surface area contributed by atoms with E-state index < -0.39 is 5.41 Å². The fraction of sp³-hybridized carbons (Fsp3) is 0.462. The van der Waals surface area contributed by atoms with Crippen molar-refractivity contribution in [2.24, 2.45) is 11.1 Å². The number of carbonyl (C=O) groups is 1. The standard InChI is InChI=1S/C13H15Cl2NO2/c1-13(7-18-6-11(13)16)12(17)5-8-2-3-9(14)10(15)4-8/h2-4,11H,5-7,16H2,1H3. The van der Waals surface area contributed by atoms with Gasteiger partial charge in [-0.2, -0.15) is 0 Å². The molecule has 2 N–H and O–H groups in total. The predicted molar refractivity (Wildman–Crippen MR) is 72.1 cm³/mol. The Morgan fingerprint density at radius 1 is 1.50 bits per heavy atom. The summed E-state index contributed by atoms with van der Waals surface area (Å²) in [5, 5.41) is 0.944. The third-order valence-corrected chi connectivity index (χ3v) is 4.24. The van der Waals surface area contributed by atoms with Crippen LogP contribution in [0.4, 0.5) is 0 Å². The maximum Gasteiger partial charge on any atom is 0.147 e. The fourth-order valence-electron chi connectivity index (χ4n) is 2.01. The summed E-state index contributed by atoms with van der Waals surface area (Å²) >= 11 is 11.8. The molecule has 2 unspecified atom stereocenters. The van der Waals surface area contributed by atoms with Crippen molar-refractivity contribution in [2.75, 3.05) is 13.2 Å². The van der Waals surface area contributed by atoms with Crippen LogP contribution in [0.3, 0.4) is 0 Å². The number of ether oxygens (including phenoxy) is 1. The average Bonchev–Trinajstić information content (AvgIpc) is 2.66. The lowest BCUT2D eigenvalue weighted by Gasteiger charge is -2.25. The molecule has 0 radical (unpaired) electrons. The van der Waals surface area contributed by atoms with Crippen molar-refractivity contribution in [3.63, 3.8) is 0 Å². The second-order valence-corrected chi connectivity index (χ2v) is 5.70. The van der Waals surface area contributed by atoms with Gasteiger partial charge in [0.2, 0.25) is 0 Å². The highest BCUT2D eigenvalue weighted by Crippen LogP contribution is 2.30. The number of hydrogen-bond acceptors (Lipinski definition) is 3. The van der Waals surface area contributed by atoms with Crippen molar-refractivity contribution < 1.29 is 9.53 Å². The molecule has 1 saturated heterocycles. The van der Waals surface area contributed by atoms with Gasteiger partial charge in [-0.1, -0.05) is 29.3 Å². The Balaban J connectivity index is 2.14. The van der Waals surface area contributed by atoms with Crippen molar-refractivity contribution in [2.45, 2.75) is 19.4 Å². The highest BCUT2D eigenvalue weighted by atomic mass is 35.5. The van der Waals surface area contributed by atoms with E-state index in [9.17, 15) is 4.79 Å². The molecule has 1 aromatic rings. The van der Waals surface area contributed by atoms with Crippen LogP contribution in [0, 0.1) is 5.41 Å². The zero-order valence-electron chi connectivity index (χ0n) is 10.1. The number of halogens is 2. The number of nitrogens with two attached hydrogens (primary N) is 1. The van der Waals surface area contributed by atoms with Gasteiger partial charge in [0.25, 0.3) is 0 Å². The molecule has 3 nitrogen and oxygen atoms in total. The van der Waals surface area contributed by atoms with Crippen LogP contribution in [0.2, 0.25) is 10.0 Å². The highest BCUT2D eigenvalue weighted by molar-refractivity contribution is 6.42. The first-order valence-electron chi connectivity index (χ1n) is 5.74. The van der Waals surface area contributed by atoms with Crippen LogP contribution in [0.15, 0.2) is 18.2 Å². The third kappa shape index (κ3) is 2.54. The van der Waals surface area contributed by atoms with E-state index >= 15 is 0 Å². The molecule has 0 spiro atoms. The molecule has 1 heterocycles. The molecule has 0 aliphatic carbocycles. The molecule has 5 heteroatoms. The molecule has 2 atom stereocenters. The smallest absolute Gasteiger partial charge is 0.147 e. The Labute approximate surface area is 116 Å². The highest BCUT2D eigenvalue weighted by Gasteiger charge is 2.43. The van der Waals surface area contributed by atoms with Gasteiger partial charge in [-0.15, -0.1) is 0 Å². The number of ketones is 1. The van der Waals surface area contributed by atoms with E-state index in [1.165, 1.54) is 0 Å². The zero-order chi connectivity index (χ0) is 13.3. The second kappa shape index (κ2) is 5.17. The van der Waals surface area contributed by atoms with Gasteiger partial charge in [-0.3, -0.25) is 4.79 Å². The van der Waals surface area contributed by atoms with Crippen molar-refractivity contribution in [1.29, 1.82) is 0 Å². The number of benzene rings is 1. The first-order chi connectivity index (χ1) is 8.43. The summed E-state index contributed by atoms with van der Waals surface area (Å²) in [5.74, 6) is 0.0749. The van der Waals surface area contributed by atoms with Gasteiger partial charge in [-0.25, -0.2) is 0 Å². The van der Waals surface area contributed by atoms with Gasteiger partial charge >= 0.3 is 0 Å². The summed E-state index contributed by atoms with van der Waals surface area (Å²) in [6, 6.07) is 4.97. The van der Waals surface area contributed by atoms with E-state index in [0.717, 1.165) is 5.56 Å². The normalized spacial score (nSPS) is 27.4. The maximum absolute atomic E-state index is 12.3. The summed E-state index contributed by atoms with van der Waals surface area (Å²) in [6.45, 7) is 2.67. The number of hydrogen-bond donors (Lipinski definition) is 1. The molecule has 0 aromatic heterocycles. The lowest BCUT2D eigenvalue weighted by molar-refractivity contribution is -0.127. The summed E-state index contributed by atoms with van der Waals surface area (Å²) in [4.78, 5) is 12.3. The minimum Gasteiger partial charge on any atom is -0.379 e. The summed E-state index contributed by atoms with van der Waals surface area (Å²) < 4.78 is 5.28. The molecule has 0 saturated carbocycles. The van der Waals surface area contributed by atoms with E-state index in [4.69, 9.17) is 33.7 Å². The van der Waals surface area contributed by atoms with Gasteiger partial charge in [0.05, 0.1) is 28.7 Å². The minimum atomic E-state index is -0.605. The van der Waals surface area contributed by atoms with Gasteiger partial charge in [0, 0.05) is 12.5 Å². The average molecular weight is 288 g/mol. The molecule has 1 fully saturated rings.